The van der Waals surface area contributed by atoms with Gasteiger partial charge in [0.15, 0.2) is 0 Å². The molecule has 2 aromatic rings. The first-order valence-electron chi connectivity index (χ1n) is 12.5. The first-order chi connectivity index (χ1) is 18.8. The molecule has 0 saturated carbocycles. The van der Waals surface area contributed by atoms with Crippen molar-refractivity contribution < 1.29 is 38.7 Å². The molecule has 0 aromatic heterocycles. The Labute approximate surface area is 242 Å². The van der Waals surface area contributed by atoms with E-state index in [0.29, 0.717) is 29.2 Å². The van der Waals surface area contributed by atoms with E-state index in [1.807, 2.05) is 24.3 Å². The number of carbonyl (C=O) groups excluding carboxylic acids is 2. The van der Waals surface area contributed by atoms with Crippen LogP contribution in [0.1, 0.15) is 12.0 Å². The molecule has 39 heavy (non-hydrogen) atoms. The molecule has 0 spiro atoms. The average molecular weight is 654 g/mol. The Hall–Kier alpha value is -2.87. The lowest BCUT2D eigenvalue weighted by Crippen LogP contribution is -2.56. The van der Waals surface area contributed by atoms with Crippen LogP contribution in [-0.2, 0) is 20.7 Å². The summed E-state index contributed by atoms with van der Waals surface area (Å²) in [5.41, 5.74) is 1.17. The van der Waals surface area contributed by atoms with E-state index in [-0.39, 0.29) is 38.6 Å². The van der Waals surface area contributed by atoms with Crippen LogP contribution in [0.15, 0.2) is 54.1 Å². The fourth-order valence-electron chi connectivity index (χ4n) is 4.47. The molecule has 2 amide bonds. The van der Waals surface area contributed by atoms with Gasteiger partial charge in [0.25, 0.3) is 0 Å². The van der Waals surface area contributed by atoms with Gasteiger partial charge in [-0.3, -0.25) is 9.59 Å². The Morgan fingerprint density at radius 3 is 2.54 bits per heavy atom. The summed E-state index contributed by atoms with van der Waals surface area (Å²) in [4.78, 5) is 27.8. The van der Waals surface area contributed by atoms with Gasteiger partial charge in [-0.2, -0.15) is 0 Å². The van der Waals surface area contributed by atoms with E-state index < -0.39 is 24.2 Å². The standard InChI is InChI=1S/C28H35IN2O8/c1-36-17-26(33)31(12-10-18-14-20(37-2)8-9-23(18)38-3)22-15-19(28(35)30-11-13-32)16-25(27(22)34)39-24-7-5-4-6-21(24)29/h4-9,14,16,22,25,27,32,34H,10-13,15,17H2,1-3H3,(H,30,35). The number of aliphatic hydroxyl groups is 2. The van der Waals surface area contributed by atoms with Gasteiger partial charge >= 0.3 is 0 Å². The van der Waals surface area contributed by atoms with Crippen LogP contribution in [0.3, 0.4) is 0 Å². The topological polar surface area (TPSA) is 127 Å². The van der Waals surface area contributed by atoms with Gasteiger partial charge in [0.05, 0.1) is 30.4 Å². The lowest BCUT2D eigenvalue weighted by molar-refractivity contribution is -0.142. The molecule has 0 aliphatic heterocycles. The SMILES string of the molecule is COCC(=O)N(CCc1cc(OC)ccc1OC)C1CC(C(=O)NCCO)=CC(Oc2ccccc2I)C1O. The van der Waals surface area contributed by atoms with Gasteiger partial charge in [0.2, 0.25) is 11.8 Å². The monoisotopic (exact) mass is 654 g/mol. The number of benzene rings is 2. The summed E-state index contributed by atoms with van der Waals surface area (Å²) in [5.74, 6) is 1.10. The van der Waals surface area contributed by atoms with Crippen molar-refractivity contribution in [3.05, 3.63) is 63.2 Å². The zero-order chi connectivity index (χ0) is 28.4. The zero-order valence-corrected chi connectivity index (χ0v) is 24.4. The molecule has 0 radical (unpaired) electrons. The van der Waals surface area contributed by atoms with Crippen LogP contribution < -0.4 is 19.5 Å². The predicted octanol–water partition coefficient (Wildman–Crippen LogP) is 1.94. The van der Waals surface area contributed by atoms with Crippen molar-refractivity contribution >= 4 is 34.4 Å². The van der Waals surface area contributed by atoms with Gasteiger partial charge in [-0.15, -0.1) is 0 Å². The predicted molar refractivity (Wildman–Crippen MR) is 153 cm³/mol. The third kappa shape index (κ3) is 8.07. The number of hydrogen-bond donors (Lipinski definition) is 3. The molecule has 2 aromatic carbocycles. The third-order valence-electron chi connectivity index (χ3n) is 6.41. The van der Waals surface area contributed by atoms with Gasteiger partial charge in [-0.05, 0) is 71.0 Å². The maximum atomic E-state index is 13.3. The van der Waals surface area contributed by atoms with Crippen molar-refractivity contribution in [1.82, 2.24) is 10.2 Å². The van der Waals surface area contributed by atoms with Crippen LogP contribution in [0.2, 0.25) is 0 Å². The number of nitrogens with zero attached hydrogens (tertiary/aromatic N) is 1. The van der Waals surface area contributed by atoms with E-state index in [9.17, 15) is 19.8 Å². The number of ether oxygens (including phenoxy) is 4. The van der Waals surface area contributed by atoms with Crippen molar-refractivity contribution in [3.8, 4) is 17.2 Å². The van der Waals surface area contributed by atoms with Crippen molar-refractivity contribution in [2.75, 3.05) is 47.6 Å². The quantitative estimate of drug-likeness (QED) is 0.280. The number of halogens is 1. The van der Waals surface area contributed by atoms with E-state index in [2.05, 4.69) is 27.9 Å². The summed E-state index contributed by atoms with van der Waals surface area (Å²) in [6, 6.07) is 12.0. The summed E-state index contributed by atoms with van der Waals surface area (Å²) >= 11 is 2.14. The number of rotatable bonds is 13. The molecule has 3 atom stereocenters. The van der Waals surface area contributed by atoms with Crippen molar-refractivity contribution in [3.63, 3.8) is 0 Å². The molecule has 0 bridgehead atoms. The van der Waals surface area contributed by atoms with Gasteiger partial charge < -0.3 is 39.4 Å². The summed E-state index contributed by atoms with van der Waals surface area (Å²) < 4.78 is 23.0. The van der Waals surface area contributed by atoms with Crippen LogP contribution in [0, 0.1) is 3.57 Å². The number of nitrogens with one attached hydrogen (secondary N) is 1. The average Bonchev–Trinajstić information content (AvgIpc) is 2.94. The van der Waals surface area contributed by atoms with Gasteiger partial charge in [-0.25, -0.2) is 0 Å². The molecule has 11 heteroatoms. The largest absolute Gasteiger partial charge is 0.497 e. The van der Waals surface area contributed by atoms with Gasteiger partial charge in [0.1, 0.15) is 36.1 Å². The smallest absolute Gasteiger partial charge is 0.248 e. The summed E-state index contributed by atoms with van der Waals surface area (Å²) in [7, 11) is 4.57. The van der Waals surface area contributed by atoms with Crippen LogP contribution in [0.25, 0.3) is 0 Å². The lowest BCUT2D eigenvalue weighted by atomic mass is 9.88. The number of carbonyl (C=O) groups is 2. The molecule has 0 fully saturated rings. The Morgan fingerprint density at radius 1 is 1.10 bits per heavy atom. The van der Waals surface area contributed by atoms with Crippen LogP contribution in [0.5, 0.6) is 17.2 Å². The fourth-order valence-corrected chi connectivity index (χ4v) is 4.98. The van der Waals surface area contributed by atoms with Crippen LogP contribution >= 0.6 is 22.6 Å². The minimum Gasteiger partial charge on any atom is -0.497 e. The molecule has 0 heterocycles. The van der Waals surface area contributed by atoms with E-state index >= 15 is 0 Å². The maximum Gasteiger partial charge on any atom is 0.248 e. The molecule has 1 aliphatic rings. The lowest BCUT2D eigenvalue weighted by Gasteiger charge is -2.40. The van der Waals surface area contributed by atoms with Crippen LogP contribution in [0.4, 0.5) is 0 Å². The van der Waals surface area contributed by atoms with Crippen molar-refractivity contribution in [1.29, 1.82) is 0 Å². The first kappa shape index (κ1) is 30.7. The highest BCUT2D eigenvalue weighted by molar-refractivity contribution is 14.1. The van der Waals surface area contributed by atoms with Crippen molar-refractivity contribution in [2.24, 2.45) is 0 Å². The summed E-state index contributed by atoms with van der Waals surface area (Å²) in [5, 5.41) is 23.3. The second-order valence-electron chi connectivity index (χ2n) is 8.89. The molecule has 1 aliphatic carbocycles. The molecular weight excluding hydrogens is 619 g/mol. The minimum absolute atomic E-state index is 0.0768. The molecular formula is C28H35IN2O8. The number of aliphatic hydroxyl groups excluding tert-OH is 2. The molecule has 0 saturated heterocycles. The van der Waals surface area contributed by atoms with E-state index in [4.69, 9.17) is 18.9 Å². The number of para-hydroxylation sites is 1. The second-order valence-corrected chi connectivity index (χ2v) is 10.1. The Balaban J connectivity index is 1.95. The number of amides is 2. The normalized spacial score (nSPS) is 18.6. The third-order valence-corrected chi connectivity index (χ3v) is 7.30. The molecule has 3 N–H and O–H groups in total. The Bertz CT molecular complexity index is 1160. The summed E-state index contributed by atoms with van der Waals surface area (Å²) in [6.07, 6.45) is 0.0365. The second kappa shape index (κ2) is 15.1. The minimum atomic E-state index is -1.14. The van der Waals surface area contributed by atoms with E-state index in [0.717, 1.165) is 9.13 Å². The fraction of sp³-hybridized carbons (Fsp3) is 0.429. The van der Waals surface area contributed by atoms with Crippen LogP contribution in [-0.4, -0.2) is 92.8 Å². The molecule has 10 nitrogen and oxygen atoms in total. The summed E-state index contributed by atoms with van der Waals surface area (Å²) in [6.45, 7) is -0.119. The molecule has 212 valence electrons. The van der Waals surface area contributed by atoms with Gasteiger partial charge in [-0.1, -0.05) is 12.1 Å². The number of hydrogen-bond acceptors (Lipinski definition) is 8. The molecule has 3 rings (SSSR count). The highest BCUT2D eigenvalue weighted by Crippen LogP contribution is 2.31. The van der Waals surface area contributed by atoms with E-state index in [1.54, 1.807) is 38.5 Å². The highest BCUT2D eigenvalue weighted by atomic mass is 127. The molecule has 3 unspecified atom stereocenters. The Morgan fingerprint density at radius 2 is 1.87 bits per heavy atom. The maximum absolute atomic E-state index is 13.3. The van der Waals surface area contributed by atoms with Crippen molar-refractivity contribution in [2.45, 2.75) is 31.1 Å². The van der Waals surface area contributed by atoms with Gasteiger partial charge in [0, 0.05) is 32.2 Å². The number of methoxy groups -OCH3 is 3. The highest BCUT2D eigenvalue weighted by Gasteiger charge is 2.40. The zero-order valence-electron chi connectivity index (χ0n) is 22.3. The Kier molecular flexibility index (Phi) is 11.8. The van der Waals surface area contributed by atoms with E-state index in [1.165, 1.54) is 12.0 Å². The first-order valence-corrected chi connectivity index (χ1v) is 13.6.